The van der Waals surface area contributed by atoms with Gasteiger partial charge in [-0.25, -0.2) is 13.1 Å². The van der Waals surface area contributed by atoms with E-state index in [0.29, 0.717) is 30.8 Å². The Bertz CT molecular complexity index is 1240. The lowest BCUT2D eigenvalue weighted by Gasteiger charge is -2.30. The average molecular weight is 461 g/mol. The molecule has 1 atom stereocenters. The second kappa shape index (κ2) is 8.45. The summed E-state index contributed by atoms with van der Waals surface area (Å²) in [6, 6.07) is 12.5. The molecule has 1 aliphatic rings. The number of carbonyl (C=O) groups excluding carboxylic acids is 1. The summed E-state index contributed by atoms with van der Waals surface area (Å²) in [7, 11) is -1.85. The molecule has 3 aromatic rings. The number of hydrogen-bond donors (Lipinski definition) is 1. The molecule has 0 saturated carbocycles. The van der Waals surface area contributed by atoms with Crippen LogP contribution < -0.4 is 10.9 Å². The zero-order chi connectivity index (χ0) is 22.2. The fourth-order valence-corrected chi connectivity index (χ4v) is 6.52. The van der Waals surface area contributed by atoms with E-state index in [1.54, 1.807) is 36.2 Å². The molecule has 0 spiro atoms. The maximum absolute atomic E-state index is 13.0. The molecule has 10 heteroatoms. The minimum atomic E-state index is -3.61. The monoisotopic (exact) mass is 460 g/mol. The zero-order valence-electron chi connectivity index (χ0n) is 17.3. The van der Waals surface area contributed by atoms with Crippen molar-refractivity contribution in [1.82, 2.24) is 13.7 Å². The van der Waals surface area contributed by atoms with Crippen LogP contribution in [0, 0.1) is 12.8 Å². The van der Waals surface area contributed by atoms with Gasteiger partial charge in [-0.2, -0.15) is 4.31 Å². The summed E-state index contributed by atoms with van der Waals surface area (Å²) in [5, 5.41) is 4.49. The Kier molecular flexibility index (Phi) is 5.87. The van der Waals surface area contributed by atoms with Gasteiger partial charge in [-0.15, -0.1) is 11.3 Å². The maximum atomic E-state index is 13.0. The summed E-state index contributed by atoms with van der Waals surface area (Å²) in [5.41, 5.74) is 1.22. The first-order valence-electron chi connectivity index (χ1n) is 9.99. The van der Waals surface area contributed by atoms with Crippen LogP contribution in [0.4, 0.5) is 5.69 Å². The molecule has 2 aromatic heterocycles. The van der Waals surface area contributed by atoms with Gasteiger partial charge in [0.15, 0.2) is 0 Å². The summed E-state index contributed by atoms with van der Waals surface area (Å²) >= 11 is 1.16. The smallest absolute Gasteiger partial charge is 0.295 e. The lowest BCUT2D eigenvalue weighted by atomic mass is 9.99. The predicted molar refractivity (Wildman–Crippen MR) is 120 cm³/mol. The van der Waals surface area contributed by atoms with E-state index in [4.69, 9.17) is 0 Å². The number of amides is 1. The number of sulfonamides is 1. The van der Waals surface area contributed by atoms with Gasteiger partial charge < -0.3 is 5.32 Å². The van der Waals surface area contributed by atoms with Gasteiger partial charge in [-0.1, -0.05) is 24.3 Å². The van der Waals surface area contributed by atoms with Crippen LogP contribution in [0.5, 0.6) is 0 Å². The van der Waals surface area contributed by atoms with E-state index in [-0.39, 0.29) is 27.9 Å². The minimum Gasteiger partial charge on any atom is -0.320 e. The first-order valence-corrected chi connectivity index (χ1v) is 12.3. The normalized spacial score (nSPS) is 17.5. The van der Waals surface area contributed by atoms with Crippen LogP contribution in [-0.4, -0.2) is 41.1 Å². The van der Waals surface area contributed by atoms with Crippen molar-refractivity contribution in [2.24, 2.45) is 13.0 Å². The molecule has 164 valence electrons. The second-order valence-electron chi connectivity index (χ2n) is 7.56. The van der Waals surface area contributed by atoms with E-state index >= 15 is 0 Å². The molecule has 0 aliphatic carbocycles. The van der Waals surface area contributed by atoms with Crippen molar-refractivity contribution in [3.05, 3.63) is 63.9 Å². The number of hydrogen-bond acceptors (Lipinski definition) is 5. The van der Waals surface area contributed by atoms with E-state index in [1.807, 2.05) is 30.3 Å². The fourth-order valence-electron chi connectivity index (χ4n) is 3.85. The average Bonchev–Trinajstić information content (AvgIpc) is 3.39. The Labute approximate surface area is 184 Å². The van der Waals surface area contributed by atoms with Crippen LogP contribution in [-0.2, 0) is 21.9 Å². The molecule has 0 bridgehead atoms. The molecule has 1 aromatic carbocycles. The molecule has 1 fully saturated rings. The fraction of sp³-hybridized carbons (Fsp3) is 0.333. The number of rotatable bonds is 5. The first-order chi connectivity index (χ1) is 14.8. The molecule has 0 unspecified atom stereocenters. The standard InChI is InChI=1S/C21H24N4O4S2/c1-15-19(21(27)25(23(15)2)17-9-4-3-5-10-17)22-20(26)16-8-6-12-24(14-16)31(28,29)18-11-7-13-30-18/h3-5,7,9-11,13,16H,6,8,12,14H2,1-2H3,(H,22,26)/t16-/m1/s1. The number of para-hydroxylation sites is 1. The molecular formula is C21H24N4O4S2. The molecule has 31 heavy (non-hydrogen) atoms. The van der Waals surface area contributed by atoms with Gasteiger partial charge in [0.1, 0.15) is 9.90 Å². The molecule has 4 rings (SSSR count). The number of benzene rings is 1. The Balaban J connectivity index is 1.56. The summed E-state index contributed by atoms with van der Waals surface area (Å²) in [5.74, 6) is -0.857. The molecule has 8 nitrogen and oxygen atoms in total. The van der Waals surface area contributed by atoms with E-state index < -0.39 is 15.9 Å². The number of aromatic nitrogens is 2. The van der Waals surface area contributed by atoms with Gasteiger partial charge in [-0.3, -0.25) is 14.3 Å². The van der Waals surface area contributed by atoms with Crippen molar-refractivity contribution in [2.45, 2.75) is 24.0 Å². The highest BCUT2D eigenvalue weighted by molar-refractivity contribution is 7.91. The van der Waals surface area contributed by atoms with Crippen LogP contribution in [0.15, 0.2) is 56.8 Å². The highest BCUT2D eigenvalue weighted by Gasteiger charge is 2.34. The SMILES string of the molecule is Cc1c(NC(=O)[C@@H]2CCCN(S(=O)(=O)c3cccs3)C2)c(=O)n(-c2ccccc2)n1C. The van der Waals surface area contributed by atoms with E-state index in [9.17, 15) is 18.0 Å². The molecule has 1 N–H and O–H groups in total. The molecule has 1 saturated heterocycles. The number of nitrogens with zero attached hydrogens (tertiary/aromatic N) is 3. The van der Waals surface area contributed by atoms with Crippen LogP contribution in [0.2, 0.25) is 0 Å². The summed E-state index contributed by atoms with van der Waals surface area (Å²) < 4.78 is 30.5. The van der Waals surface area contributed by atoms with Crippen molar-refractivity contribution >= 4 is 33.0 Å². The van der Waals surface area contributed by atoms with E-state index in [0.717, 1.165) is 11.3 Å². The highest BCUT2D eigenvalue weighted by Crippen LogP contribution is 2.27. The van der Waals surface area contributed by atoms with Gasteiger partial charge in [0.2, 0.25) is 5.91 Å². The van der Waals surface area contributed by atoms with E-state index in [2.05, 4.69) is 5.32 Å². The van der Waals surface area contributed by atoms with Gasteiger partial charge in [0, 0.05) is 20.1 Å². The lowest BCUT2D eigenvalue weighted by Crippen LogP contribution is -2.43. The Morgan fingerprint density at radius 2 is 1.90 bits per heavy atom. The maximum Gasteiger partial charge on any atom is 0.295 e. The number of piperidine rings is 1. The lowest BCUT2D eigenvalue weighted by molar-refractivity contribution is -0.120. The third-order valence-corrected chi connectivity index (χ3v) is 8.88. The number of anilines is 1. The van der Waals surface area contributed by atoms with Crippen molar-refractivity contribution in [1.29, 1.82) is 0 Å². The molecule has 1 aliphatic heterocycles. The second-order valence-corrected chi connectivity index (χ2v) is 10.7. The third-order valence-electron chi connectivity index (χ3n) is 5.65. The Morgan fingerprint density at radius 3 is 2.58 bits per heavy atom. The van der Waals surface area contributed by atoms with Gasteiger partial charge in [-0.05, 0) is 43.3 Å². The summed E-state index contributed by atoms with van der Waals surface area (Å²) in [6.07, 6.45) is 1.16. The first kappa shape index (κ1) is 21.5. The van der Waals surface area contributed by atoms with Crippen LogP contribution in [0.3, 0.4) is 0 Å². The quantitative estimate of drug-likeness (QED) is 0.633. The minimum absolute atomic E-state index is 0.102. The molecule has 1 amide bonds. The Hall–Kier alpha value is -2.69. The Morgan fingerprint density at radius 1 is 1.16 bits per heavy atom. The van der Waals surface area contributed by atoms with Crippen molar-refractivity contribution < 1.29 is 13.2 Å². The zero-order valence-corrected chi connectivity index (χ0v) is 18.9. The third kappa shape index (κ3) is 3.98. The summed E-state index contributed by atoms with van der Waals surface area (Å²) in [6.45, 7) is 2.25. The van der Waals surface area contributed by atoms with E-state index in [1.165, 1.54) is 8.99 Å². The predicted octanol–water partition coefficient (Wildman–Crippen LogP) is 2.59. The van der Waals surface area contributed by atoms with Gasteiger partial charge >= 0.3 is 0 Å². The largest absolute Gasteiger partial charge is 0.320 e. The van der Waals surface area contributed by atoms with Crippen LogP contribution in [0.25, 0.3) is 5.69 Å². The van der Waals surface area contributed by atoms with Crippen molar-refractivity contribution in [3.63, 3.8) is 0 Å². The van der Waals surface area contributed by atoms with Crippen LogP contribution in [0.1, 0.15) is 18.5 Å². The van der Waals surface area contributed by atoms with Gasteiger partial charge in [0.05, 0.1) is 17.3 Å². The van der Waals surface area contributed by atoms with Crippen molar-refractivity contribution in [3.8, 4) is 5.69 Å². The molecule has 0 radical (unpaired) electrons. The highest BCUT2D eigenvalue weighted by atomic mass is 32.2. The van der Waals surface area contributed by atoms with Gasteiger partial charge in [0.25, 0.3) is 15.6 Å². The topological polar surface area (TPSA) is 93.4 Å². The number of carbonyl (C=O) groups is 1. The summed E-state index contributed by atoms with van der Waals surface area (Å²) in [4.78, 5) is 26.0. The van der Waals surface area contributed by atoms with Crippen molar-refractivity contribution in [2.75, 3.05) is 18.4 Å². The molecule has 3 heterocycles. The van der Waals surface area contributed by atoms with Crippen LogP contribution >= 0.6 is 11.3 Å². The number of thiophene rings is 1. The molecular weight excluding hydrogens is 436 g/mol. The number of nitrogens with one attached hydrogen (secondary N) is 1.